The minimum Gasteiger partial charge on any atom is -0.363 e. The SMILES string of the molecule is Cc1cc(NC(c2ccc(SC(F)(F)F)c(F)c2)C2CC2)n2ncnc2n1. The maximum atomic E-state index is 14.2. The second-order valence-corrected chi connectivity index (χ2v) is 7.56. The lowest BCUT2D eigenvalue weighted by Gasteiger charge is -2.21. The van der Waals surface area contributed by atoms with E-state index in [1.165, 1.54) is 18.5 Å². The van der Waals surface area contributed by atoms with Crippen LogP contribution >= 0.6 is 11.8 Å². The van der Waals surface area contributed by atoms with Crippen molar-refractivity contribution < 1.29 is 17.6 Å². The Labute approximate surface area is 156 Å². The molecule has 1 aromatic carbocycles. The minimum absolute atomic E-state index is 0.237. The van der Waals surface area contributed by atoms with Crippen molar-refractivity contribution in [3.05, 3.63) is 47.7 Å². The maximum absolute atomic E-state index is 14.2. The molecule has 1 fully saturated rings. The van der Waals surface area contributed by atoms with Crippen LogP contribution in [-0.2, 0) is 0 Å². The molecule has 1 N–H and O–H groups in total. The summed E-state index contributed by atoms with van der Waals surface area (Å²) in [5, 5.41) is 7.48. The molecule has 0 aliphatic heterocycles. The van der Waals surface area contributed by atoms with Crippen LogP contribution in [0.15, 0.2) is 35.5 Å². The fourth-order valence-corrected chi connectivity index (χ4v) is 3.56. The highest BCUT2D eigenvalue weighted by molar-refractivity contribution is 8.00. The van der Waals surface area contributed by atoms with Crippen molar-refractivity contribution in [3.63, 3.8) is 0 Å². The zero-order chi connectivity index (χ0) is 19.2. The van der Waals surface area contributed by atoms with Gasteiger partial charge in [0.1, 0.15) is 18.0 Å². The second-order valence-electron chi connectivity index (χ2n) is 6.45. The highest BCUT2D eigenvalue weighted by atomic mass is 32.2. The highest BCUT2D eigenvalue weighted by Crippen LogP contribution is 2.44. The number of halogens is 4. The third-order valence-electron chi connectivity index (χ3n) is 4.32. The predicted octanol–water partition coefficient (Wildman–Crippen LogP) is 4.75. The van der Waals surface area contributed by atoms with Crippen LogP contribution in [0.25, 0.3) is 5.78 Å². The summed E-state index contributed by atoms with van der Waals surface area (Å²) in [6, 6.07) is 5.47. The molecule has 1 saturated carbocycles. The molecule has 2 heterocycles. The smallest absolute Gasteiger partial charge is 0.363 e. The minimum atomic E-state index is -4.52. The van der Waals surface area contributed by atoms with E-state index >= 15 is 0 Å². The van der Waals surface area contributed by atoms with Gasteiger partial charge in [0.15, 0.2) is 0 Å². The second kappa shape index (κ2) is 6.66. The first-order valence-electron chi connectivity index (χ1n) is 8.29. The van der Waals surface area contributed by atoms with Crippen molar-refractivity contribution in [3.8, 4) is 0 Å². The number of aromatic nitrogens is 4. The van der Waals surface area contributed by atoms with Gasteiger partial charge in [-0.2, -0.15) is 27.8 Å². The summed E-state index contributed by atoms with van der Waals surface area (Å²) in [5.41, 5.74) is -3.18. The summed E-state index contributed by atoms with van der Waals surface area (Å²) in [6.07, 6.45) is 3.31. The Balaban J connectivity index is 1.65. The van der Waals surface area contributed by atoms with Gasteiger partial charge in [-0.1, -0.05) is 6.07 Å². The molecule has 0 saturated heterocycles. The van der Waals surface area contributed by atoms with E-state index in [2.05, 4.69) is 20.4 Å². The molecule has 0 spiro atoms. The Kier molecular flexibility index (Phi) is 4.45. The standard InChI is InChI=1S/C17H15F4N5S/c1-9-6-14(26-16(24-9)22-8-23-26)25-15(10-2-3-10)11-4-5-13(12(18)7-11)27-17(19,20)21/h4-8,10,15,25H,2-3H2,1H3. The third-order valence-corrected chi connectivity index (χ3v) is 5.10. The van der Waals surface area contributed by atoms with E-state index in [9.17, 15) is 17.6 Å². The quantitative estimate of drug-likeness (QED) is 0.498. The molecular weight excluding hydrogens is 382 g/mol. The molecule has 0 bridgehead atoms. The van der Waals surface area contributed by atoms with Crippen molar-refractivity contribution in [2.45, 2.75) is 36.2 Å². The molecule has 4 rings (SSSR count). The topological polar surface area (TPSA) is 55.1 Å². The van der Waals surface area contributed by atoms with Crippen molar-refractivity contribution in [1.82, 2.24) is 19.6 Å². The third kappa shape index (κ3) is 4.00. The molecule has 2 aromatic heterocycles. The monoisotopic (exact) mass is 397 g/mol. The van der Waals surface area contributed by atoms with Crippen LogP contribution in [0.2, 0.25) is 0 Å². The molecule has 1 unspecified atom stereocenters. The van der Waals surface area contributed by atoms with Crippen LogP contribution in [0.4, 0.5) is 23.4 Å². The average molecular weight is 397 g/mol. The highest BCUT2D eigenvalue weighted by Gasteiger charge is 2.34. The van der Waals surface area contributed by atoms with Gasteiger partial charge in [-0.05, 0) is 55.1 Å². The van der Waals surface area contributed by atoms with Crippen LogP contribution in [0, 0.1) is 18.7 Å². The van der Waals surface area contributed by atoms with Crippen LogP contribution in [0.5, 0.6) is 0 Å². The van der Waals surface area contributed by atoms with Crippen molar-refractivity contribution in [2.24, 2.45) is 5.92 Å². The van der Waals surface area contributed by atoms with E-state index in [1.54, 1.807) is 16.6 Å². The fraction of sp³-hybridized carbons (Fsp3) is 0.353. The van der Waals surface area contributed by atoms with Crippen molar-refractivity contribution >= 4 is 23.4 Å². The summed E-state index contributed by atoms with van der Waals surface area (Å²) >= 11 is -0.445. The Hall–Kier alpha value is -2.36. The van der Waals surface area contributed by atoms with Gasteiger partial charge >= 0.3 is 5.51 Å². The molecular formula is C17H15F4N5S. The summed E-state index contributed by atoms with van der Waals surface area (Å²) < 4.78 is 53.4. The van der Waals surface area contributed by atoms with Crippen molar-refractivity contribution in [1.29, 1.82) is 0 Å². The molecule has 1 atom stereocenters. The molecule has 3 aromatic rings. The number of nitrogens with one attached hydrogen (secondary N) is 1. The molecule has 27 heavy (non-hydrogen) atoms. The fourth-order valence-electron chi connectivity index (χ4n) is 3.01. The van der Waals surface area contributed by atoms with E-state index in [1.807, 2.05) is 6.92 Å². The molecule has 0 amide bonds. The zero-order valence-corrected chi connectivity index (χ0v) is 15.0. The number of hydrogen-bond acceptors (Lipinski definition) is 5. The number of nitrogens with zero attached hydrogens (tertiary/aromatic N) is 4. The lowest BCUT2D eigenvalue weighted by atomic mass is 10.0. The Morgan fingerprint density at radius 3 is 2.70 bits per heavy atom. The lowest BCUT2D eigenvalue weighted by molar-refractivity contribution is -0.0329. The first-order valence-corrected chi connectivity index (χ1v) is 9.11. The van der Waals surface area contributed by atoms with Gasteiger partial charge in [-0.3, -0.25) is 0 Å². The number of anilines is 1. The largest absolute Gasteiger partial charge is 0.446 e. The number of hydrogen-bond donors (Lipinski definition) is 1. The van der Waals surface area contributed by atoms with Gasteiger partial charge in [0.05, 0.1) is 10.9 Å². The van der Waals surface area contributed by atoms with Crippen molar-refractivity contribution in [2.75, 3.05) is 5.32 Å². The van der Waals surface area contributed by atoms with Gasteiger partial charge in [0.2, 0.25) is 0 Å². The summed E-state index contributed by atoms with van der Waals surface area (Å²) in [5.74, 6) is 0.493. The zero-order valence-electron chi connectivity index (χ0n) is 14.2. The van der Waals surface area contributed by atoms with E-state index in [-0.39, 0.29) is 12.0 Å². The van der Waals surface area contributed by atoms with Crippen LogP contribution in [0.1, 0.15) is 30.1 Å². The lowest BCUT2D eigenvalue weighted by Crippen LogP contribution is -2.16. The van der Waals surface area contributed by atoms with Crippen LogP contribution in [0.3, 0.4) is 0 Å². The summed E-state index contributed by atoms with van der Waals surface area (Å²) in [7, 11) is 0. The molecule has 10 heteroatoms. The van der Waals surface area contributed by atoms with E-state index in [0.717, 1.165) is 18.5 Å². The van der Waals surface area contributed by atoms with Gasteiger partial charge in [-0.25, -0.2) is 9.37 Å². The normalized spacial score (nSPS) is 15.9. The molecule has 0 radical (unpaired) electrons. The number of benzene rings is 1. The van der Waals surface area contributed by atoms with Crippen LogP contribution < -0.4 is 5.32 Å². The van der Waals surface area contributed by atoms with Gasteiger partial charge in [0, 0.05) is 11.8 Å². The molecule has 1 aliphatic carbocycles. The number of thioether (sulfide) groups is 1. The summed E-state index contributed by atoms with van der Waals surface area (Å²) in [4.78, 5) is 7.92. The molecule has 5 nitrogen and oxygen atoms in total. The first kappa shape index (κ1) is 18.0. The van der Waals surface area contributed by atoms with Gasteiger partial charge < -0.3 is 5.32 Å². The van der Waals surface area contributed by atoms with E-state index < -0.39 is 28.0 Å². The van der Waals surface area contributed by atoms with E-state index in [0.29, 0.717) is 17.2 Å². The Morgan fingerprint density at radius 1 is 1.26 bits per heavy atom. The first-order chi connectivity index (χ1) is 12.8. The Bertz CT molecular complexity index is 983. The Morgan fingerprint density at radius 2 is 2.04 bits per heavy atom. The van der Waals surface area contributed by atoms with Gasteiger partial charge in [0.25, 0.3) is 5.78 Å². The van der Waals surface area contributed by atoms with E-state index in [4.69, 9.17) is 0 Å². The number of aryl methyl sites for hydroxylation is 1. The number of alkyl halides is 3. The number of fused-ring (bicyclic) bond motifs is 1. The molecule has 1 aliphatic rings. The predicted molar refractivity (Wildman–Crippen MR) is 92.9 cm³/mol. The average Bonchev–Trinajstić information content (AvgIpc) is 3.30. The summed E-state index contributed by atoms with van der Waals surface area (Å²) in [6.45, 7) is 1.83. The molecule has 142 valence electrons. The number of rotatable bonds is 5. The maximum Gasteiger partial charge on any atom is 0.446 e. The van der Waals surface area contributed by atoms with Gasteiger partial charge in [-0.15, -0.1) is 0 Å². The van der Waals surface area contributed by atoms with Crippen LogP contribution in [-0.4, -0.2) is 25.1 Å².